The molecule has 188 valence electrons. The molecule has 1 aliphatic carbocycles. The molecule has 36 heavy (non-hydrogen) atoms. The van der Waals surface area contributed by atoms with E-state index in [1.54, 1.807) is 18.2 Å². The molecule has 9 nitrogen and oxygen atoms in total. The summed E-state index contributed by atoms with van der Waals surface area (Å²) < 4.78 is 5.91. The predicted molar refractivity (Wildman–Crippen MR) is 141 cm³/mol. The smallest absolute Gasteiger partial charge is 0.259 e. The summed E-state index contributed by atoms with van der Waals surface area (Å²) in [7, 11) is 2.08. The Bertz CT molecular complexity index is 1250. The van der Waals surface area contributed by atoms with E-state index in [-0.39, 0.29) is 24.5 Å². The Balaban J connectivity index is 1.31. The van der Waals surface area contributed by atoms with Crippen molar-refractivity contribution in [3.05, 3.63) is 53.6 Å². The van der Waals surface area contributed by atoms with Gasteiger partial charge < -0.3 is 15.0 Å². The number of rotatable bonds is 8. The SMILES string of the molecule is Cc1ccccc1-c1nnc(NC(=O)c2ccc(OC3CC3)cc2NC(=O)CN2CCN(C)CC2)s1. The Labute approximate surface area is 214 Å². The second-order valence-corrected chi connectivity index (χ2v) is 10.3. The number of piperazine rings is 1. The highest BCUT2D eigenvalue weighted by atomic mass is 32.1. The van der Waals surface area contributed by atoms with Gasteiger partial charge in [-0.2, -0.15) is 0 Å². The summed E-state index contributed by atoms with van der Waals surface area (Å²) in [6.45, 7) is 5.82. The van der Waals surface area contributed by atoms with Crippen molar-refractivity contribution in [3.63, 3.8) is 0 Å². The zero-order valence-corrected chi connectivity index (χ0v) is 21.3. The molecule has 1 saturated carbocycles. The van der Waals surface area contributed by atoms with Gasteiger partial charge in [0.15, 0.2) is 0 Å². The van der Waals surface area contributed by atoms with Crippen LogP contribution in [-0.4, -0.2) is 77.7 Å². The molecule has 0 radical (unpaired) electrons. The Kier molecular flexibility index (Phi) is 7.26. The van der Waals surface area contributed by atoms with Crippen molar-refractivity contribution >= 4 is 34.0 Å². The third-order valence-electron chi connectivity index (χ3n) is 6.32. The summed E-state index contributed by atoms with van der Waals surface area (Å²) in [5.41, 5.74) is 2.84. The van der Waals surface area contributed by atoms with Crippen LogP contribution in [0.1, 0.15) is 28.8 Å². The highest BCUT2D eigenvalue weighted by molar-refractivity contribution is 7.18. The maximum absolute atomic E-state index is 13.2. The van der Waals surface area contributed by atoms with E-state index in [2.05, 4.69) is 37.7 Å². The molecule has 2 fully saturated rings. The Morgan fingerprint density at radius 3 is 2.58 bits per heavy atom. The summed E-state index contributed by atoms with van der Waals surface area (Å²) in [5, 5.41) is 15.3. The minimum Gasteiger partial charge on any atom is -0.490 e. The number of anilines is 2. The van der Waals surface area contributed by atoms with Crippen molar-refractivity contribution in [1.29, 1.82) is 0 Å². The zero-order chi connectivity index (χ0) is 25.1. The largest absolute Gasteiger partial charge is 0.490 e. The van der Waals surface area contributed by atoms with Gasteiger partial charge in [0.2, 0.25) is 11.0 Å². The molecule has 1 aliphatic heterocycles. The lowest BCUT2D eigenvalue weighted by Crippen LogP contribution is -2.47. The zero-order valence-electron chi connectivity index (χ0n) is 20.5. The highest BCUT2D eigenvalue weighted by Gasteiger charge is 2.25. The van der Waals surface area contributed by atoms with Crippen LogP contribution in [0.3, 0.4) is 0 Å². The number of hydrogen-bond donors (Lipinski definition) is 2. The van der Waals surface area contributed by atoms with Crippen molar-refractivity contribution < 1.29 is 14.3 Å². The number of carbonyl (C=O) groups is 2. The normalized spacial score (nSPS) is 16.5. The number of carbonyl (C=O) groups excluding carboxylic acids is 2. The minimum absolute atomic E-state index is 0.157. The molecular weight excluding hydrogens is 476 g/mol. The average molecular weight is 507 g/mol. The molecule has 5 rings (SSSR count). The minimum atomic E-state index is -0.365. The summed E-state index contributed by atoms with van der Waals surface area (Å²) in [4.78, 5) is 30.5. The number of benzene rings is 2. The summed E-state index contributed by atoms with van der Waals surface area (Å²) in [6.07, 6.45) is 2.25. The Morgan fingerprint density at radius 2 is 1.83 bits per heavy atom. The third-order valence-corrected chi connectivity index (χ3v) is 7.19. The van der Waals surface area contributed by atoms with Crippen LogP contribution in [0.5, 0.6) is 5.75 Å². The molecule has 2 aliphatic rings. The molecule has 2 aromatic carbocycles. The molecule has 0 spiro atoms. The number of aromatic nitrogens is 2. The summed E-state index contributed by atoms with van der Waals surface area (Å²) in [5.74, 6) is 0.118. The summed E-state index contributed by atoms with van der Waals surface area (Å²) in [6, 6.07) is 13.1. The average Bonchev–Trinajstić information content (AvgIpc) is 3.55. The quantitative estimate of drug-likeness (QED) is 0.482. The van der Waals surface area contributed by atoms with E-state index in [1.807, 2.05) is 31.2 Å². The van der Waals surface area contributed by atoms with Crippen molar-refractivity contribution in [3.8, 4) is 16.3 Å². The fourth-order valence-corrected chi connectivity index (χ4v) is 4.86. The van der Waals surface area contributed by atoms with Crippen molar-refractivity contribution in [2.45, 2.75) is 25.9 Å². The number of aryl methyl sites for hydroxylation is 1. The maximum atomic E-state index is 13.2. The number of ether oxygens (including phenoxy) is 1. The molecular formula is C26H30N6O3S. The number of nitrogens with one attached hydrogen (secondary N) is 2. The van der Waals surface area contributed by atoms with Crippen LogP contribution in [0, 0.1) is 6.92 Å². The molecule has 0 unspecified atom stereocenters. The molecule has 2 N–H and O–H groups in total. The standard InChI is InChI=1S/C26H30N6O3S/c1-17-5-3-4-6-20(17)25-29-30-26(36-25)28-24(34)21-10-9-19(35-18-7-8-18)15-22(21)27-23(33)16-32-13-11-31(2)12-14-32/h3-6,9-10,15,18H,7-8,11-14,16H2,1-2H3,(H,27,33)(H,28,30,34). The molecule has 2 amide bonds. The van der Waals surface area contributed by atoms with Gasteiger partial charge in [-0.1, -0.05) is 35.6 Å². The fourth-order valence-electron chi connectivity index (χ4n) is 4.04. The molecule has 1 aromatic heterocycles. The number of hydrogen-bond acceptors (Lipinski definition) is 8. The lowest BCUT2D eigenvalue weighted by Gasteiger charge is -2.31. The lowest BCUT2D eigenvalue weighted by molar-refractivity contribution is -0.117. The van der Waals surface area contributed by atoms with E-state index < -0.39 is 0 Å². The van der Waals surface area contributed by atoms with Crippen LogP contribution in [0.25, 0.3) is 10.6 Å². The molecule has 0 atom stereocenters. The van der Waals surface area contributed by atoms with Crippen molar-refractivity contribution in [2.75, 3.05) is 50.4 Å². The van der Waals surface area contributed by atoms with Crippen LogP contribution in [0.4, 0.5) is 10.8 Å². The van der Waals surface area contributed by atoms with E-state index in [0.29, 0.717) is 22.1 Å². The first kappa shape index (κ1) is 24.4. The number of likely N-dealkylation sites (N-methyl/N-ethyl adjacent to an activating group) is 1. The Morgan fingerprint density at radius 1 is 1.06 bits per heavy atom. The maximum Gasteiger partial charge on any atom is 0.259 e. The van der Waals surface area contributed by atoms with E-state index in [0.717, 1.165) is 55.2 Å². The molecule has 0 bridgehead atoms. The molecule has 1 saturated heterocycles. The predicted octanol–water partition coefficient (Wildman–Crippen LogP) is 3.49. The van der Waals surface area contributed by atoms with Crippen LogP contribution in [-0.2, 0) is 4.79 Å². The van der Waals surface area contributed by atoms with Crippen molar-refractivity contribution in [2.24, 2.45) is 0 Å². The van der Waals surface area contributed by atoms with Gasteiger partial charge in [-0.25, -0.2) is 0 Å². The van der Waals surface area contributed by atoms with Crippen LogP contribution < -0.4 is 15.4 Å². The second kappa shape index (κ2) is 10.7. The van der Waals surface area contributed by atoms with E-state index in [9.17, 15) is 9.59 Å². The highest BCUT2D eigenvalue weighted by Crippen LogP contribution is 2.32. The Hall–Kier alpha value is -3.34. The van der Waals surface area contributed by atoms with Crippen LogP contribution in [0.15, 0.2) is 42.5 Å². The van der Waals surface area contributed by atoms with E-state index in [4.69, 9.17) is 4.74 Å². The van der Waals surface area contributed by atoms with Crippen molar-refractivity contribution in [1.82, 2.24) is 20.0 Å². The van der Waals surface area contributed by atoms with E-state index in [1.165, 1.54) is 11.3 Å². The van der Waals surface area contributed by atoms with Gasteiger partial charge in [-0.3, -0.25) is 19.8 Å². The fraction of sp³-hybridized carbons (Fsp3) is 0.385. The molecule has 10 heteroatoms. The van der Waals surface area contributed by atoms with Gasteiger partial charge in [-0.15, -0.1) is 10.2 Å². The summed E-state index contributed by atoms with van der Waals surface area (Å²) >= 11 is 1.31. The molecule has 3 aromatic rings. The van der Waals surface area contributed by atoms with Crippen LogP contribution >= 0.6 is 11.3 Å². The number of nitrogens with zero attached hydrogens (tertiary/aromatic N) is 4. The topological polar surface area (TPSA) is 99.7 Å². The first-order valence-electron chi connectivity index (χ1n) is 12.2. The van der Waals surface area contributed by atoms with Gasteiger partial charge in [0.25, 0.3) is 5.91 Å². The lowest BCUT2D eigenvalue weighted by atomic mass is 10.1. The first-order valence-corrected chi connectivity index (χ1v) is 13.0. The van der Waals surface area contributed by atoms with Gasteiger partial charge >= 0.3 is 0 Å². The first-order chi connectivity index (χ1) is 17.4. The second-order valence-electron chi connectivity index (χ2n) is 9.33. The third kappa shape index (κ3) is 6.07. The monoisotopic (exact) mass is 506 g/mol. The van der Waals surface area contributed by atoms with Gasteiger partial charge in [-0.05, 0) is 44.5 Å². The van der Waals surface area contributed by atoms with Gasteiger partial charge in [0.05, 0.1) is 23.9 Å². The molecule has 2 heterocycles. The number of amides is 2. The van der Waals surface area contributed by atoms with Crippen LogP contribution in [0.2, 0.25) is 0 Å². The van der Waals surface area contributed by atoms with Gasteiger partial charge in [0.1, 0.15) is 10.8 Å². The van der Waals surface area contributed by atoms with Gasteiger partial charge in [0, 0.05) is 37.8 Å². The van der Waals surface area contributed by atoms with E-state index >= 15 is 0 Å².